The average molecular weight is 419 g/mol. The largest absolute Gasteiger partial charge is 0.449 e. The summed E-state index contributed by atoms with van der Waals surface area (Å²) in [7, 11) is 0. The maximum Gasteiger partial charge on any atom is 0.449 e. The second-order valence-electron chi connectivity index (χ2n) is 6.56. The number of piperazine rings is 1. The van der Waals surface area contributed by atoms with Gasteiger partial charge in [-0.3, -0.25) is 4.79 Å². The van der Waals surface area contributed by atoms with Crippen molar-refractivity contribution in [1.82, 2.24) is 9.80 Å². The summed E-state index contributed by atoms with van der Waals surface area (Å²) in [6.07, 6.45) is -6.05. The van der Waals surface area contributed by atoms with Crippen molar-refractivity contribution in [3.05, 3.63) is 52.8 Å². The summed E-state index contributed by atoms with van der Waals surface area (Å²) in [6.45, 7) is -0.379. The standard InChI is InChI=1S/C18H15F6N3O2/c19-13-8-15(21)14(20)6-10(13)5-12(28)7-16(29)26-3-4-27-11(9-26)1-2-25-17(27)18(22,23)24/h2,6,8,12,28H,3-5,7,9H2. The maximum absolute atomic E-state index is 13.7. The lowest BCUT2D eigenvalue weighted by Crippen LogP contribution is -2.53. The van der Waals surface area contributed by atoms with Crippen LogP contribution in [-0.2, 0) is 11.2 Å². The van der Waals surface area contributed by atoms with Crippen molar-refractivity contribution in [2.75, 3.05) is 19.6 Å². The van der Waals surface area contributed by atoms with E-state index in [1.807, 2.05) is 0 Å². The Morgan fingerprint density at radius 2 is 1.86 bits per heavy atom. The number of hydrogen-bond donors (Lipinski definition) is 1. The number of aliphatic imine (C=N–C) groups is 1. The molecule has 0 saturated carbocycles. The van der Waals surface area contributed by atoms with E-state index in [0.29, 0.717) is 12.1 Å². The smallest absolute Gasteiger partial charge is 0.392 e. The minimum Gasteiger partial charge on any atom is -0.392 e. The number of halogens is 6. The Morgan fingerprint density at radius 1 is 1.17 bits per heavy atom. The fourth-order valence-corrected chi connectivity index (χ4v) is 3.11. The zero-order chi connectivity index (χ0) is 21.3. The summed E-state index contributed by atoms with van der Waals surface area (Å²) in [5.74, 6) is -5.38. The molecule has 11 heteroatoms. The minimum atomic E-state index is -4.65. The van der Waals surface area contributed by atoms with Crippen LogP contribution in [0.5, 0.6) is 0 Å². The molecule has 2 aliphatic heterocycles. The number of hydrogen-bond acceptors (Lipinski definition) is 4. The molecule has 29 heavy (non-hydrogen) atoms. The van der Waals surface area contributed by atoms with Crippen molar-refractivity contribution < 1.29 is 36.2 Å². The Labute approximate surface area is 161 Å². The summed E-state index contributed by atoms with van der Waals surface area (Å²) < 4.78 is 78.9. The van der Waals surface area contributed by atoms with E-state index in [1.165, 1.54) is 4.90 Å². The molecule has 1 unspecified atom stereocenters. The molecule has 1 atom stereocenters. The van der Waals surface area contributed by atoms with Crippen LogP contribution in [0.15, 0.2) is 34.8 Å². The topological polar surface area (TPSA) is 56.1 Å². The number of aliphatic hydroxyl groups excluding tert-OH is 1. The third-order valence-electron chi connectivity index (χ3n) is 4.49. The maximum atomic E-state index is 13.7. The monoisotopic (exact) mass is 419 g/mol. The highest BCUT2D eigenvalue weighted by Crippen LogP contribution is 2.27. The number of aliphatic hydroxyl groups is 1. The van der Waals surface area contributed by atoms with Crippen LogP contribution in [0.2, 0.25) is 0 Å². The predicted molar refractivity (Wildman–Crippen MR) is 89.0 cm³/mol. The highest BCUT2D eigenvalue weighted by atomic mass is 19.4. The molecular weight excluding hydrogens is 404 g/mol. The molecule has 1 fully saturated rings. The van der Waals surface area contributed by atoms with Crippen molar-refractivity contribution in [3.8, 4) is 0 Å². The Hall–Kier alpha value is -2.78. The molecule has 1 aromatic carbocycles. The normalized spacial score (nSPS) is 17.6. The van der Waals surface area contributed by atoms with Gasteiger partial charge in [0.2, 0.25) is 11.7 Å². The van der Waals surface area contributed by atoms with Crippen LogP contribution < -0.4 is 0 Å². The molecule has 0 aliphatic carbocycles. The summed E-state index contributed by atoms with van der Waals surface area (Å²) in [5.41, 5.74) is 2.38. The Bertz CT molecular complexity index is 921. The molecule has 2 aliphatic rings. The zero-order valence-corrected chi connectivity index (χ0v) is 14.8. The van der Waals surface area contributed by atoms with Crippen LogP contribution in [0.1, 0.15) is 12.0 Å². The molecule has 0 bridgehead atoms. The number of carbonyl (C=O) groups excluding carboxylic acids is 1. The highest BCUT2D eigenvalue weighted by molar-refractivity contribution is 5.90. The van der Waals surface area contributed by atoms with E-state index in [-0.39, 0.29) is 30.9 Å². The quantitative estimate of drug-likeness (QED) is 0.464. The first-order chi connectivity index (χ1) is 13.6. The van der Waals surface area contributed by atoms with E-state index in [9.17, 15) is 36.2 Å². The second-order valence-corrected chi connectivity index (χ2v) is 6.56. The predicted octanol–water partition coefficient (Wildman–Crippen LogP) is 2.51. The number of amides is 1. The van der Waals surface area contributed by atoms with Crippen molar-refractivity contribution in [2.24, 2.45) is 4.99 Å². The molecule has 1 N–H and O–H groups in total. The van der Waals surface area contributed by atoms with Crippen LogP contribution in [0.3, 0.4) is 0 Å². The lowest BCUT2D eigenvalue weighted by molar-refractivity contribution is -0.133. The van der Waals surface area contributed by atoms with Gasteiger partial charge in [-0.1, -0.05) is 5.73 Å². The fraction of sp³-hybridized carbons (Fsp3) is 0.389. The van der Waals surface area contributed by atoms with Crippen molar-refractivity contribution in [1.29, 1.82) is 0 Å². The highest BCUT2D eigenvalue weighted by Gasteiger charge is 2.43. The van der Waals surface area contributed by atoms with E-state index >= 15 is 0 Å². The van der Waals surface area contributed by atoms with E-state index in [4.69, 9.17) is 0 Å². The van der Waals surface area contributed by atoms with Gasteiger partial charge < -0.3 is 14.9 Å². The van der Waals surface area contributed by atoms with Crippen LogP contribution >= 0.6 is 0 Å². The molecule has 5 nitrogen and oxygen atoms in total. The first kappa shape index (κ1) is 20.9. The molecule has 156 valence electrons. The van der Waals surface area contributed by atoms with Gasteiger partial charge in [0.15, 0.2) is 11.6 Å². The molecule has 1 saturated heterocycles. The number of alkyl halides is 3. The van der Waals surface area contributed by atoms with Crippen LogP contribution in [0, 0.1) is 17.5 Å². The summed E-state index contributed by atoms with van der Waals surface area (Å²) in [4.78, 5) is 17.8. The number of carbonyl (C=O) groups is 1. The summed E-state index contributed by atoms with van der Waals surface area (Å²) in [5, 5.41) is 10.0. The van der Waals surface area contributed by atoms with Crippen molar-refractivity contribution in [3.63, 3.8) is 0 Å². The zero-order valence-electron chi connectivity index (χ0n) is 14.8. The molecule has 3 rings (SSSR count). The van der Waals surface area contributed by atoms with Crippen LogP contribution in [0.4, 0.5) is 26.3 Å². The molecule has 0 spiro atoms. The van der Waals surface area contributed by atoms with Crippen LogP contribution in [0.25, 0.3) is 0 Å². The minimum absolute atomic E-state index is 0.0502. The lowest BCUT2D eigenvalue weighted by atomic mass is 10.0. The Kier molecular flexibility index (Phi) is 5.72. The molecule has 2 heterocycles. The Balaban J connectivity index is 1.61. The third-order valence-corrected chi connectivity index (χ3v) is 4.49. The molecule has 1 aromatic rings. The van der Waals surface area contributed by atoms with Gasteiger partial charge in [0.25, 0.3) is 0 Å². The number of fused-ring (bicyclic) bond motifs is 1. The fourth-order valence-electron chi connectivity index (χ4n) is 3.11. The number of rotatable bonds is 4. The van der Waals surface area contributed by atoms with Gasteiger partial charge in [-0.2, -0.15) is 13.2 Å². The average Bonchev–Trinajstić information content (AvgIpc) is 2.64. The third kappa shape index (κ3) is 4.63. The van der Waals surface area contributed by atoms with Gasteiger partial charge >= 0.3 is 6.18 Å². The summed E-state index contributed by atoms with van der Waals surface area (Å²) in [6, 6.07) is 0.951. The summed E-state index contributed by atoms with van der Waals surface area (Å²) >= 11 is 0. The molecular formula is C18H15F6N3O2. The van der Waals surface area contributed by atoms with Gasteiger partial charge in [-0.05, 0) is 11.6 Å². The Morgan fingerprint density at radius 3 is 2.55 bits per heavy atom. The first-order valence-electron chi connectivity index (χ1n) is 8.52. The van der Waals surface area contributed by atoms with Crippen molar-refractivity contribution >= 4 is 11.7 Å². The van der Waals surface area contributed by atoms with Gasteiger partial charge in [0.05, 0.1) is 31.0 Å². The molecule has 1 amide bonds. The number of nitrogens with zero attached hydrogens (tertiary/aromatic N) is 3. The van der Waals surface area contributed by atoms with E-state index in [2.05, 4.69) is 10.7 Å². The van der Waals surface area contributed by atoms with E-state index < -0.39 is 54.3 Å². The SMILES string of the molecule is O=C(CC(O)Cc1cc(F)c(F)cc1F)N1CCN2C(=C=CN=C2C(F)(F)F)C1. The van der Waals surface area contributed by atoms with Crippen molar-refractivity contribution in [2.45, 2.75) is 25.1 Å². The lowest BCUT2D eigenvalue weighted by Gasteiger charge is -2.38. The van der Waals surface area contributed by atoms with E-state index in [0.717, 1.165) is 11.1 Å². The first-order valence-corrected chi connectivity index (χ1v) is 8.52. The number of amidine groups is 1. The van der Waals surface area contributed by atoms with E-state index in [1.54, 1.807) is 0 Å². The number of benzene rings is 1. The van der Waals surface area contributed by atoms with Gasteiger partial charge in [-0.25, -0.2) is 18.2 Å². The van der Waals surface area contributed by atoms with Gasteiger partial charge in [0.1, 0.15) is 5.82 Å². The second kappa shape index (κ2) is 7.92. The molecule has 0 aromatic heterocycles. The van der Waals surface area contributed by atoms with Gasteiger partial charge in [-0.15, -0.1) is 0 Å². The van der Waals surface area contributed by atoms with Gasteiger partial charge in [0, 0.05) is 25.6 Å². The van der Waals surface area contributed by atoms with Crippen LogP contribution in [-0.4, -0.2) is 58.6 Å². The molecule has 0 radical (unpaired) electrons.